The fourth-order valence-electron chi connectivity index (χ4n) is 4.56. The predicted octanol–water partition coefficient (Wildman–Crippen LogP) is 4.16. The summed E-state index contributed by atoms with van der Waals surface area (Å²) in [5, 5.41) is 5.53. The van der Waals surface area contributed by atoms with E-state index in [0.717, 1.165) is 23.1 Å². The molecule has 32 heavy (non-hydrogen) atoms. The number of likely N-dealkylation sites (tertiary alicyclic amines) is 1. The van der Waals surface area contributed by atoms with Gasteiger partial charge in [0.05, 0.1) is 5.39 Å². The molecule has 0 bridgehead atoms. The molecule has 0 unspecified atom stereocenters. The summed E-state index contributed by atoms with van der Waals surface area (Å²) in [6.07, 6.45) is 2.01. The Balaban J connectivity index is 1.55. The first-order chi connectivity index (χ1) is 15.4. The lowest BCUT2D eigenvalue weighted by Gasteiger charge is -2.31. The summed E-state index contributed by atoms with van der Waals surface area (Å²) in [7, 11) is 0. The van der Waals surface area contributed by atoms with Crippen molar-refractivity contribution in [3.8, 4) is 0 Å². The second kappa shape index (κ2) is 9.07. The standard InChI is InChI=1S/C26H29N3O3/c1-4-13-29-25(31)22-8-6-5-7-21(22)23(27-29)26(32)28-14-11-19(12-15-28)24(30)20-10-9-17(2)16-18(20)3/h5-10,16,19H,4,11-15H2,1-3H3. The number of aromatic nitrogens is 2. The summed E-state index contributed by atoms with van der Waals surface area (Å²) in [5.41, 5.74) is 3.07. The topological polar surface area (TPSA) is 72.3 Å². The summed E-state index contributed by atoms with van der Waals surface area (Å²) in [4.78, 5) is 40.9. The Kier molecular flexibility index (Phi) is 6.21. The minimum Gasteiger partial charge on any atom is -0.337 e. The molecule has 1 aromatic heterocycles. The lowest BCUT2D eigenvalue weighted by atomic mass is 9.87. The van der Waals surface area contributed by atoms with Gasteiger partial charge in [-0.1, -0.05) is 48.9 Å². The van der Waals surface area contributed by atoms with Crippen LogP contribution in [0, 0.1) is 19.8 Å². The Bertz CT molecular complexity index is 1240. The number of Topliss-reactive ketones (excluding diaryl/α,β-unsaturated/α-hetero) is 1. The Morgan fingerprint density at radius 3 is 2.38 bits per heavy atom. The third-order valence-corrected chi connectivity index (χ3v) is 6.31. The summed E-state index contributed by atoms with van der Waals surface area (Å²) >= 11 is 0. The zero-order valence-electron chi connectivity index (χ0n) is 18.9. The van der Waals surface area contributed by atoms with Gasteiger partial charge < -0.3 is 4.90 Å². The van der Waals surface area contributed by atoms with Gasteiger partial charge in [-0.15, -0.1) is 0 Å². The highest BCUT2D eigenvalue weighted by molar-refractivity contribution is 6.05. The van der Waals surface area contributed by atoms with Crippen LogP contribution in [0.5, 0.6) is 0 Å². The number of fused-ring (bicyclic) bond motifs is 1. The molecule has 0 spiro atoms. The molecule has 166 valence electrons. The quantitative estimate of drug-likeness (QED) is 0.569. The minimum absolute atomic E-state index is 0.0841. The number of carbonyl (C=O) groups is 2. The van der Waals surface area contributed by atoms with Gasteiger partial charge in [0.2, 0.25) is 0 Å². The SMILES string of the molecule is CCCn1nc(C(=O)N2CCC(C(=O)c3ccc(C)cc3C)CC2)c2ccccc2c1=O. The van der Waals surface area contributed by atoms with E-state index in [1.165, 1.54) is 4.68 Å². The van der Waals surface area contributed by atoms with Crippen LogP contribution in [0.25, 0.3) is 10.8 Å². The van der Waals surface area contributed by atoms with Gasteiger partial charge in [-0.3, -0.25) is 14.4 Å². The van der Waals surface area contributed by atoms with E-state index < -0.39 is 0 Å². The molecule has 6 heteroatoms. The number of benzene rings is 2. The molecule has 3 aromatic rings. The number of hydrogen-bond donors (Lipinski definition) is 0. The van der Waals surface area contributed by atoms with Crippen molar-refractivity contribution in [1.82, 2.24) is 14.7 Å². The first-order valence-corrected chi connectivity index (χ1v) is 11.3. The highest BCUT2D eigenvalue weighted by Crippen LogP contribution is 2.25. The summed E-state index contributed by atoms with van der Waals surface area (Å²) in [6.45, 7) is 7.44. The molecular weight excluding hydrogens is 402 g/mol. The Morgan fingerprint density at radius 2 is 1.72 bits per heavy atom. The molecule has 1 amide bonds. The van der Waals surface area contributed by atoms with E-state index >= 15 is 0 Å². The molecule has 2 aromatic carbocycles. The number of amides is 1. The average molecular weight is 432 g/mol. The van der Waals surface area contributed by atoms with Gasteiger partial charge in [0, 0.05) is 36.5 Å². The third kappa shape index (κ3) is 4.09. The first-order valence-electron chi connectivity index (χ1n) is 11.3. The summed E-state index contributed by atoms with van der Waals surface area (Å²) in [5.74, 6) is -0.0997. The van der Waals surface area contributed by atoms with Crippen molar-refractivity contribution in [2.45, 2.75) is 46.6 Å². The molecule has 0 N–H and O–H groups in total. The molecule has 0 radical (unpaired) electrons. The van der Waals surface area contributed by atoms with Crippen molar-refractivity contribution in [1.29, 1.82) is 0 Å². The Morgan fingerprint density at radius 1 is 1.03 bits per heavy atom. The number of nitrogens with zero attached hydrogens (tertiary/aromatic N) is 3. The largest absolute Gasteiger partial charge is 0.337 e. The molecule has 1 aliphatic rings. The van der Waals surface area contributed by atoms with Crippen LogP contribution in [0.15, 0.2) is 47.3 Å². The lowest BCUT2D eigenvalue weighted by Crippen LogP contribution is -2.41. The Labute approximate surface area is 187 Å². The summed E-state index contributed by atoms with van der Waals surface area (Å²) < 4.78 is 1.39. The number of rotatable bonds is 5. The van der Waals surface area contributed by atoms with Gasteiger partial charge in [0.1, 0.15) is 0 Å². The number of aryl methyl sites for hydroxylation is 3. The van der Waals surface area contributed by atoms with Gasteiger partial charge >= 0.3 is 0 Å². The molecule has 4 rings (SSSR count). The second-order valence-electron chi connectivity index (χ2n) is 8.67. The summed E-state index contributed by atoms with van der Waals surface area (Å²) in [6, 6.07) is 13.1. The number of hydrogen-bond acceptors (Lipinski definition) is 4. The maximum atomic E-state index is 13.4. The first kappa shape index (κ1) is 21.9. The number of ketones is 1. The van der Waals surface area contributed by atoms with E-state index in [9.17, 15) is 14.4 Å². The van der Waals surface area contributed by atoms with Gasteiger partial charge in [0.25, 0.3) is 11.5 Å². The molecular formula is C26H29N3O3. The van der Waals surface area contributed by atoms with E-state index in [2.05, 4.69) is 5.10 Å². The molecule has 1 saturated heterocycles. The second-order valence-corrected chi connectivity index (χ2v) is 8.67. The zero-order chi connectivity index (χ0) is 22.8. The minimum atomic E-state index is -0.177. The normalized spacial score (nSPS) is 14.7. The van der Waals surface area contributed by atoms with Crippen molar-refractivity contribution < 1.29 is 9.59 Å². The predicted molar refractivity (Wildman–Crippen MR) is 125 cm³/mol. The smallest absolute Gasteiger partial charge is 0.274 e. The molecule has 0 atom stereocenters. The van der Waals surface area contributed by atoms with E-state index in [4.69, 9.17) is 0 Å². The monoisotopic (exact) mass is 431 g/mol. The molecule has 2 heterocycles. The van der Waals surface area contributed by atoms with Crippen LogP contribution < -0.4 is 5.56 Å². The molecule has 0 saturated carbocycles. The van der Waals surface area contributed by atoms with Gasteiger partial charge in [-0.25, -0.2) is 4.68 Å². The number of carbonyl (C=O) groups excluding carboxylic acids is 2. The van der Waals surface area contributed by atoms with Gasteiger partial charge in [-0.2, -0.15) is 5.10 Å². The van der Waals surface area contributed by atoms with Crippen LogP contribution in [0.2, 0.25) is 0 Å². The van der Waals surface area contributed by atoms with Crippen LogP contribution in [0.1, 0.15) is 58.2 Å². The molecule has 6 nitrogen and oxygen atoms in total. The van der Waals surface area contributed by atoms with Gasteiger partial charge in [-0.05, 0) is 44.7 Å². The Hall–Kier alpha value is -3.28. The molecule has 1 aliphatic heterocycles. The van der Waals surface area contributed by atoms with E-state index in [1.54, 1.807) is 23.1 Å². The maximum Gasteiger partial charge on any atom is 0.274 e. The van der Waals surface area contributed by atoms with E-state index in [0.29, 0.717) is 48.9 Å². The van der Waals surface area contributed by atoms with Gasteiger partial charge in [0.15, 0.2) is 11.5 Å². The van der Waals surface area contributed by atoms with Crippen molar-refractivity contribution in [3.05, 3.63) is 75.2 Å². The van der Waals surface area contributed by atoms with Crippen molar-refractivity contribution in [3.63, 3.8) is 0 Å². The fourth-order valence-corrected chi connectivity index (χ4v) is 4.56. The van der Waals surface area contributed by atoms with Crippen molar-refractivity contribution in [2.75, 3.05) is 13.1 Å². The van der Waals surface area contributed by atoms with Crippen molar-refractivity contribution in [2.24, 2.45) is 5.92 Å². The van der Waals surface area contributed by atoms with Crippen LogP contribution in [-0.4, -0.2) is 39.5 Å². The van der Waals surface area contributed by atoms with Crippen LogP contribution in [-0.2, 0) is 6.54 Å². The third-order valence-electron chi connectivity index (χ3n) is 6.31. The van der Waals surface area contributed by atoms with Crippen LogP contribution in [0.4, 0.5) is 0 Å². The van der Waals surface area contributed by atoms with Crippen LogP contribution in [0.3, 0.4) is 0 Å². The molecule has 0 aliphatic carbocycles. The average Bonchev–Trinajstić information content (AvgIpc) is 2.80. The molecule has 1 fully saturated rings. The number of piperidine rings is 1. The maximum absolute atomic E-state index is 13.4. The van der Waals surface area contributed by atoms with Crippen molar-refractivity contribution >= 4 is 22.5 Å². The van der Waals surface area contributed by atoms with Crippen LogP contribution >= 0.6 is 0 Å². The highest BCUT2D eigenvalue weighted by Gasteiger charge is 2.30. The lowest BCUT2D eigenvalue weighted by molar-refractivity contribution is 0.0645. The fraction of sp³-hybridized carbons (Fsp3) is 0.385. The zero-order valence-corrected chi connectivity index (χ0v) is 18.9. The van der Waals surface area contributed by atoms with E-state index in [-0.39, 0.29) is 23.2 Å². The van der Waals surface area contributed by atoms with E-state index in [1.807, 2.05) is 45.0 Å². The highest BCUT2D eigenvalue weighted by atomic mass is 16.2.